The lowest BCUT2D eigenvalue weighted by Gasteiger charge is -2.31. The Morgan fingerprint density at radius 2 is 1.86 bits per heavy atom. The van der Waals surface area contributed by atoms with Crippen LogP contribution >= 0.6 is 0 Å². The summed E-state index contributed by atoms with van der Waals surface area (Å²) >= 11 is 0. The molecule has 1 aliphatic rings. The van der Waals surface area contributed by atoms with E-state index in [-0.39, 0.29) is 5.92 Å². The molecule has 0 amide bonds. The Balaban J connectivity index is 1.54. The number of benzene rings is 1. The molecule has 4 rings (SSSR count). The summed E-state index contributed by atoms with van der Waals surface area (Å²) in [5.74, 6) is 3.74. The number of nitrogens with zero attached hydrogens (tertiary/aromatic N) is 5. The van der Waals surface area contributed by atoms with Crippen molar-refractivity contribution in [3.05, 3.63) is 30.0 Å². The van der Waals surface area contributed by atoms with Gasteiger partial charge in [0.1, 0.15) is 6.61 Å². The maximum atomic E-state index is 5.45. The molecule has 3 heterocycles. The van der Waals surface area contributed by atoms with E-state index in [2.05, 4.69) is 25.2 Å². The minimum Gasteiger partial charge on any atom is -0.493 e. The quantitative estimate of drug-likeness (QED) is 0.634. The van der Waals surface area contributed by atoms with Crippen LogP contribution in [0.5, 0.6) is 11.5 Å². The number of ether oxygens (including phenoxy) is 3. The van der Waals surface area contributed by atoms with E-state index < -0.39 is 0 Å². The van der Waals surface area contributed by atoms with Crippen molar-refractivity contribution in [3.8, 4) is 11.5 Å². The molecule has 1 saturated heterocycles. The molecule has 0 radical (unpaired) electrons. The molecule has 28 heavy (non-hydrogen) atoms. The number of hydrogen-bond acceptors (Lipinski definition) is 9. The van der Waals surface area contributed by atoms with Crippen LogP contribution < -0.4 is 14.4 Å². The van der Waals surface area contributed by atoms with Crippen molar-refractivity contribution in [2.45, 2.75) is 25.4 Å². The van der Waals surface area contributed by atoms with Gasteiger partial charge in [0.25, 0.3) is 5.89 Å². The van der Waals surface area contributed by atoms with E-state index in [1.54, 1.807) is 27.5 Å². The molecule has 0 N–H and O–H groups in total. The van der Waals surface area contributed by atoms with Gasteiger partial charge < -0.3 is 23.6 Å². The topological polar surface area (TPSA) is 95.6 Å². The molecule has 3 aromatic rings. The van der Waals surface area contributed by atoms with E-state index >= 15 is 0 Å². The molecule has 1 fully saturated rings. The molecule has 2 aromatic heterocycles. The maximum Gasteiger partial charge on any atom is 0.252 e. The van der Waals surface area contributed by atoms with E-state index in [1.807, 2.05) is 12.1 Å². The highest BCUT2D eigenvalue weighted by Gasteiger charge is 2.26. The number of aromatic nitrogens is 4. The van der Waals surface area contributed by atoms with Gasteiger partial charge in [0.2, 0.25) is 0 Å². The van der Waals surface area contributed by atoms with Crippen LogP contribution in [0, 0.1) is 0 Å². The molecule has 0 unspecified atom stereocenters. The number of rotatable bonds is 6. The fourth-order valence-electron chi connectivity index (χ4n) is 3.59. The first kappa shape index (κ1) is 18.4. The molecular weight excluding hydrogens is 362 g/mol. The van der Waals surface area contributed by atoms with Gasteiger partial charge in [-0.05, 0) is 25.0 Å². The van der Waals surface area contributed by atoms with Crippen molar-refractivity contribution in [2.75, 3.05) is 39.3 Å². The summed E-state index contributed by atoms with van der Waals surface area (Å²) in [7, 11) is 4.87. The third kappa shape index (κ3) is 3.45. The lowest BCUT2D eigenvalue weighted by molar-refractivity contribution is 0.151. The van der Waals surface area contributed by atoms with Crippen LogP contribution in [0.4, 0.5) is 5.82 Å². The van der Waals surface area contributed by atoms with Crippen molar-refractivity contribution >= 4 is 16.6 Å². The molecule has 0 bridgehead atoms. The highest BCUT2D eigenvalue weighted by atomic mass is 16.5. The zero-order chi connectivity index (χ0) is 19.5. The Hall–Kier alpha value is -2.94. The molecule has 0 saturated carbocycles. The Labute approximate surface area is 162 Å². The van der Waals surface area contributed by atoms with E-state index in [0.29, 0.717) is 24.0 Å². The second-order valence-corrected chi connectivity index (χ2v) is 6.70. The summed E-state index contributed by atoms with van der Waals surface area (Å²) < 4.78 is 21.1. The van der Waals surface area contributed by atoms with Crippen molar-refractivity contribution in [3.63, 3.8) is 0 Å². The molecule has 0 aliphatic carbocycles. The van der Waals surface area contributed by atoms with Crippen molar-refractivity contribution in [1.29, 1.82) is 0 Å². The highest BCUT2D eigenvalue weighted by Crippen LogP contribution is 2.37. The van der Waals surface area contributed by atoms with Gasteiger partial charge in [-0.1, -0.05) is 5.16 Å². The summed E-state index contributed by atoms with van der Waals surface area (Å²) in [5.41, 5.74) is 0. The predicted molar refractivity (Wildman–Crippen MR) is 102 cm³/mol. The Bertz CT molecular complexity index is 953. The summed E-state index contributed by atoms with van der Waals surface area (Å²) in [5, 5.41) is 14.6. The van der Waals surface area contributed by atoms with E-state index in [0.717, 1.165) is 48.3 Å². The monoisotopic (exact) mass is 385 g/mol. The van der Waals surface area contributed by atoms with Crippen molar-refractivity contribution in [2.24, 2.45) is 0 Å². The van der Waals surface area contributed by atoms with Gasteiger partial charge in [-0.15, -0.1) is 5.10 Å². The summed E-state index contributed by atoms with van der Waals surface area (Å²) in [6.07, 6.45) is 3.57. The predicted octanol–water partition coefficient (Wildman–Crippen LogP) is 2.56. The van der Waals surface area contributed by atoms with E-state index in [1.165, 1.54) is 0 Å². The Morgan fingerprint density at radius 3 is 2.57 bits per heavy atom. The molecule has 148 valence electrons. The minimum atomic E-state index is 0.267. The van der Waals surface area contributed by atoms with Gasteiger partial charge in [0.05, 0.1) is 20.4 Å². The average molecular weight is 385 g/mol. The first-order chi connectivity index (χ1) is 13.7. The second-order valence-electron chi connectivity index (χ2n) is 6.70. The number of fused-ring (bicyclic) bond motifs is 1. The molecule has 1 aliphatic heterocycles. The van der Waals surface area contributed by atoms with Crippen LogP contribution in [0.2, 0.25) is 0 Å². The molecule has 9 heteroatoms. The van der Waals surface area contributed by atoms with Gasteiger partial charge in [0, 0.05) is 36.9 Å². The van der Waals surface area contributed by atoms with Gasteiger partial charge in [-0.2, -0.15) is 10.1 Å². The zero-order valence-electron chi connectivity index (χ0n) is 16.2. The fourth-order valence-corrected chi connectivity index (χ4v) is 3.59. The van der Waals surface area contributed by atoms with Crippen LogP contribution in [-0.2, 0) is 11.3 Å². The maximum absolute atomic E-state index is 5.45. The lowest BCUT2D eigenvalue weighted by atomic mass is 9.96. The molecule has 1 aromatic carbocycles. The molecule has 9 nitrogen and oxygen atoms in total. The number of piperidine rings is 1. The average Bonchev–Trinajstić information content (AvgIpc) is 3.21. The van der Waals surface area contributed by atoms with Gasteiger partial charge in [-0.25, -0.2) is 0 Å². The Kier molecular flexibility index (Phi) is 5.25. The van der Waals surface area contributed by atoms with Gasteiger partial charge in [0.15, 0.2) is 23.1 Å². The van der Waals surface area contributed by atoms with Gasteiger partial charge >= 0.3 is 0 Å². The largest absolute Gasteiger partial charge is 0.493 e. The molecule has 0 atom stereocenters. The standard InChI is InChI=1S/C19H23N5O4/c1-25-11-17-21-18(23-28-17)12-4-6-24(7-5-12)19-14-9-16(27-3)15(26-2)8-13(14)10-20-22-19/h8-10,12H,4-7,11H2,1-3H3. The van der Waals surface area contributed by atoms with Crippen LogP contribution in [0.1, 0.15) is 30.5 Å². The van der Waals surface area contributed by atoms with Crippen LogP contribution in [0.3, 0.4) is 0 Å². The smallest absolute Gasteiger partial charge is 0.252 e. The van der Waals surface area contributed by atoms with Crippen molar-refractivity contribution in [1.82, 2.24) is 20.3 Å². The first-order valence-corrected chi connectivity index (χ1v) is 9.17. The summed E-state index contributed by atoms with van der Waals surface area (Å²) in [6, 6.07) is 3.89. The van der Waals surface area contributed by atoms with Crippen LogP contribution in [0.25, 0.3) is 10.8 Å². The van der Waals surface area contributed by atoms with Crippen LogP contribution in [0.15, 0.2) is 22.9 Å². The zero-order valence-corrected chi connectivity index (χ0v) is 16.2. The SMILES string of the molecule is COCc1nc(C2CCN(c3nncc4cc(OC)c(OC)cc34)CC2)no1. The molecule has 0 spiro atoms. The number of hydrogen-bond donors (Lipinski definition) is 0. The van der Waals surface area contributed by atoms with E-state index in [4.69, 9.17) is 18.7 Å². The number of methoxy groups -OCH3 is 3. The van der Waals surface area contributed by atoms with E-state index in [9.17, 15) is 0 Å². The first-order valence-electron chi connectivity index (χ1n) is 9.17. The van der Waals surface area contributed by atoms with Crippen molar-refractivity contribution < 1.29 is 18.7 Å². The summed E-state index contributed by atoms with van der Waals surface area (Å²) in [4.78, 5) is 6.68. The van der Waals surface area contributed by atoms with Crippen LogP contribution in [-0.4, -0.2) is 54.8 Å². The van der Waals surface area contributed by atoms with Gasteiger partial charge in [-0.3, -0.25) is 0 Å². The lowest BCUT2D eigenvalue weighted by Crippen LogP contribution is -2.34. The fraction of sp³-hybridized carbons (Fsp3) is 0.474. The minimum absolute atomic E-state index is 0.267. The normalized spacial score (nSPS) is 15.2. The third-order valence-electron chi connectivity index (χ3n) is 5.06. The Morgan fingerprint density at radius 1 is 1.11 bits per heavy atom. The summed E-state index contributed by atoms with van der Waals surface area (Å²) in [6.45, 7) is 2.00. The molecular formula is C19H23N5O4. The third-order valence-corrected chi connectivity index (χ3v) is 5.06. The second kappa shape index (κ2) is 7.97. The number of anilines is 1. The highest BCUT2D eigenvalue weighted by molar-refractivity contribution is 5.94.